The monoisotopic (exact) mass is 237 g/mol. The molecule has 2 rings (SSSR count). The molecule has 1 aliphatic rings. The lowest BCUT2D eigenvalue weighted by molar-refractivity contribution is 0.0484. The number of hydrogen-bond donors (Lipinski definition) is 1. The molecule has 1 aromatic rings. The summed E-state index contributed by atoms with van der Waals surface area (Å²) in [7, 11) is 2.04. The molecule has 1 fully saturated rings. The standard InChI is InChI=1S/C12H19N3O2/c1-9-3-6-17-11(9)12(16)15-5-4-14(2)8-10(15)7-13/h3,6,10H,4-5,7-8,13H2,1-2H3. The molecule has 0 spiro atoms. The van der Waals surface area contributed by atoms with Gasteiger partial charge >= 0.3 is 0 Å². The summed E-state index contributed by atoms with van der Waals surface area (Å²) in [4.78, 5) is 16.3. The van der Waals surface area contributed by atoms with E-state index >= 15 is 0 Å². The van der Waals surface area contributed by atoms with Crippen molar-refractivity contribution in [3.05, 3.63) is 23.7 Å². The number of nitrogens with zero attached hydrogens (tertiary/aromatic N) is 2. The number of furan rings is 1. The molecule has 1 saturated heterocycles. The zero-order valence-corrected chi connectivity index (χ0v) is 10.3. The Bertz CT molecular complexity index is 402. The number of amides is 1. The van der Waals surface area contributed by atoms with Crippen molar-refractivity contribution in [3.63, 3.8) is 0 Å². The fourth-order valence-corrected chi connectivity index (χ4v) is 2.20. The van der Waals surface area contributed by atoms with Crippen molar-refractivity contribution in [2.45, 2.75) is 13.0 Å². The van der Waals surface area contributed by atoms with Gasteiger partial charge in [0.2, 0.25) is 0 Å². The van der Waals surface area contributed by atoms with Crippen LogP contribution in [0.3, 0.4) is 0 Å². The molecule has 94 valence electrons. The van der Waals surface area contributed by atoms with Crippen LogP contribution in [0.15, 0.2) is 16.7 Å². The molecule has 5 nitrogen and oxygen atoms in total. The molecule has 0 aliphatic carbocycles. The first-order valence-corrected chi connectivity index (χ1v) is 5.87. The minimum atomic E-state index is -0.0453. The predicted octanol–water partition coefficient (Wildman–Crippen LogP) is 0.303. The summed E-state index contributed by atoms with van der Waals surface area (Å²) in [6, 6.07) is 1.88. The number of nitrogens with two attached hydrogens (primary N) is 1. The Morgan fingerprint density at radius 2 is 2.35 bits per heavy atom. The van der Waals surface area contributed by atoms with Crippen LogP contribution in [0.4, 0.5) is 0 Å². The highest BCUT2D eigenvalue weighted by molar-refractivity contribution is 5.93. The Kier molecular flexibility index (Phi) is 3.49. The average molecular weight is 237 g/mol. The van der Waals surface area contributed by atoms with Gasteiger partial charge in [-0.05, 0) is 20.0 Å². The second kappa shape index (κ2) is 4.89. The highest BCUT2D eigenvalue weighted by Crippen LogP contribution is 2.16. The van der Waals surface area contributed by atoms with E-state index in [9.17, 15) is 4.79 Å². The zero-order valence-electron chi connectivity index (χ0n) is 10.3. The molecule has 1 aromatic heterocycles. The topological polar surface area (TPSA) is 62.7 Å². The lowest BCUT2D eigenvalue weighted by atomic mass is 10.1. The maximum absolute atomic E-state index is 12.3. The quantitative estimate of drug-likeness (QED) is 0.803. The lowest BCUT2D eigenvalue weighted by Crippen LogP contribution is -2.56. The van der Waals surface area contributed by atoms with Gasteiger partial charge in [0, 0.05) is 31.7 Å². The van der Waals surface area contributed by atoms with Crippen molar-refractivity contribution < 1.29 is 9.21 Å². The van der Waals surface area contributed by atoms with E-state index in [1.807, 2.05) is 18.9 Å². The minimum absolute atomic E-state index is 0.0453. The molecule has 0 bridgehead atoms. The van der Waals surface area contributed by atoms with E-state index < -0.39 is 0 Å². The van der Waals surface area contributed by atoms with Gasteiger partial charge in [0.15, 0.2) is 5.76 Å². The van der Waals surface area contributed by atoms with Gasteiger partial charge in [0.25, 0.3) is 5.91 Å². The van der Waals surface area contributed by atoms with Crippen LogP contribution in [0.2, 0.25) is 0 Å². The molecule has 0 radical (unpaired) electrons. The molecule has 2 N–H and O–H groups in total. The molecule has 0 saturated carbocycles. The van der Waals surface area contributed by atoms with Gasteiger partial charge in [-0.25, -0.2) is 0 Å². The third-order valence-corrected chi connectivity index (χ3v) is 3.28. The summed E-state index contributed by atoms with van der Waals surface area (Å²) in [5, 5.41) is 0. The van der Waals surface area contributed by atoms with Crippen molar-refractivity contribution >= 4 is 5.91 Å². The molecule has 17 heavy (non-hydrogen) atoms. The number of carbonyl (C=O) groups excluding carboxylic acids is 1. The third kappa shape index (κ3) is 2.35. The van der Waals surface area contributed by atoms with Gasteiger partial charge < -0.3 is 20.0 Å². The molecule has 2 heterocycles. The number of carbonyl (C=O) groups is 1. The molecule has 1 amide bonds. The maximum Gasteiger partial charge on any atom is 0.290 e. The summed E-state index contributed by atoms with van der Waals surface area (Å²) >= 11 is 0. The van der Waals surface area contributed by atoms with Crippen molar-refractivity contribution in [1.29, 1.82) is 0 Å². The minimum Gasteiger partial charge on any atom is -0.459 e. The highest BCUT2D eigenvalue weighted by Gasteiger charge is 2.30. The summed E-state index contributed by atoms with van der Waals surface area (Å²) in [5.74, 6) is 0.393. The molecule has 1 unspecified atom stereocenters. The van der Waals surface area contributed by atoms with Gasteiger partial charge in [-0.15, -0.1) is 0 Å². The SMILES string of the molecule is Cc1ccoc1C(=O)N1CCN(C)CC1CN. The number of aryl methyl sites for hydroxylation is 1. The Hall–Kier alpha value is -1.33. The van der Waals surface area contributed by atoms with Crippen LogP contribution in [0.1, 0.15) is 16.1 Å². The van der Waals surface area contributed by atoms with E-state index in [4.69, 9.17) is 10.2 Å². The summed E-state index contributed by atoms with van der Waals surface area (Å²) in [6.07, 6.45) is 1.55. The largest absolute Gasteiger partial charge is 0.459 e. The van der Waals surface area contributed by atoms with Crippen LogP contribution in [-0.4, -0.2) is 55.0 Å². The normalized spacial score (nSPS) is 21.8. The van der Waals surface area contributed by atoms with Crippen LogP contribution in [-0.2, 0) is 0 Å². The van der Waals surface area contributed by atoms with Crippen LogP contribution in [0, 0.1) is 6.92 Å². The Morgan fingerprint density at radius 1 is 1.59 bits per heavy atom. The van der Waals surface area contributed by atoms with E-state index in [0.717, 1.165) is 18.7 Å². The van der Waals surface area contributed by atoms with Gasteiger partial charge in [-0.3, -0.25) is 4.79 Å². The molecule has 1 atom stereocenters. The number of hydrogen-bond acceptors (Lipinski definition) is 4. The fourth-order valence-electron chi connectivity index (χ4n) is 2.20. The van der Waals surface area contributed by atoms with Crippen molar-refractivity contribution in [2.75, 3.05) is 33.2 Å². The third-order valence-electron chi connectivity index (χ3n) is 3.28. The van der Waals surface area contributed by atoms with E-state index in [-0.39, 0.29) is 11.9 Å². The smallest absolute Gasteiger partial charge is 0.290 e. The van der Waals surface area contributed by atoms with E-state index in [1.54, 1.807) is 12.3 Å². The van der Waals surface area contributed by atoms with Crippen molar-refractivity contribution in [1.82, 2.24) is 9.80 Å². The number of likely N-dealkylation sites (N-methyl/N-ethyl adjacent to an activating group) is 1. The molecular weight excluding hydrogens is 218 g/mol. The van der Waals surface area contributed by atoms with Crippen LogP contribution in [0.25, 0.3) is 0 Å². The van der Waals surface area contributed by atoms with Gasteiger partial charge in [-0.1, -0.05) is 0 Å². The number of rotatable bonds is 2. The summed E-state index contributed by atoms with van der Waals surface area (Å²) in [5.41, 5.74) is 6.61. The van der Waals surface area contributed by atoms with E-state index in [0.29, 0.717) is 18.8 Å². The Morgan fingerprint density at radius 3 is 2.94 bits per heavy atom. The first kappa shape index (κ1) is 12.1. The molecular formula is C12H19N3O2. The Balaban J connectivity index is 2.16. The molecule has 5 heteroatoms. The summed E-state index contributed by atoms with van der Waals surface area (Å²) in [6.45, 7) is 4.77. The van der Waals surface area contributed by atoms with Crippen LogP contribution < -0.4 is 5.73 Å². The molecule has 0 aromatic carbocycles. The van der Waals surface area contributed by atoms with E-state index in [2.05, 4.69) is 4.90 Å². The van der Waals surface area contributed by atoms with Crippen LogP contribution in [0.5, 0.6) is 0 Å². The van der Waals surface area contributed by atoms with Crippen LogP contribution >= 0.6 is 0 Å². The average Bonchev–Trinajstić information content (AvgIpc) is 2.74. The first-order chi connectivity index (χ1) is 8.13. The summed E-state index contributed by atoms with van der Waals surface area (Å²) < 4.78 is 5.25. The second-order valence-corrected chi connectivity index (χ2v) is 4.58. The first-order valence-electron chi connectivity index (χ1n) is 5.87. The second-order valence-electron chi connectivity index (χ2n) is 4.58. The van der Waals surface area contributed by atoms with Crippen molar-refractivity contribution in [2.24, 2.45) is 5.73 Å². The molecule has 1 aliphatic heterocycles. The van der Waals surface area contributed by atoms with E-state index in [1.165, 1.54) is 0 Å². The predicted molar refractivity (Wildman–Crippen MR) is 64.8 cm³/mol. The zero-order chi connectivity index (χ0) is 12.4. The lowest BCUT2D eigenvalue weighted by Gasteiger charge is -2.39. The fraction of sp³-hybridized carbons (Fsp3) is 0.583. The Labute approximate surface area is 101 Å². The van der Waals surface area contributed by atoms with Gasteiger partial charge in [-0.2, -0.15) is 0 Å². The van der Waals surface area contributed by atoms with Gasteiger partial charge in [0.1, 0.15) is 0 Å². The maximum atomic E-state index is 12.3. The number of piperazine rings is 1. The highest BCUT2D eigenvalue weighted by atomic mass is 16.3. The van der Waals surface area contributed by atoms with Crippen molar-refractivity contribution in [3.8, 4) is 0 Å². The van der Waals surface area contributed by atoms with Gasteiger partial charge in [0.05, 0.1) is 12.3 Å².